The molecule has 13 heteroatoms. The van der Waals surface area contributed by atoms with Crippen LogP contribution in [0.1, 0.15) is 62.9 Å². The first-order valence-corrected chi connectivity index (χ1v) is 16.7. The molecule has 2 amide bonds. The van der Waals surface area contributed by atoms with Gasteiger partial charge in [-0.1, -0.05) is 35.9 Å². The molecule has 2 saturated heterocycles. The topological polar surface area (TPSA) is 114 Å². The number of halogens is 4. The molecule has 3 heterocycles. The van der Waals surface area contributed by atoms with Crippen molar-refractivity contribution >= 4 is 34.8 Å². The molecule has 2 aliphatic heterocycles. The highest BCUT2D eigenvalue weighted by molar-refractivity contribution is 6.32. The van der Waals surface area contributed by atoms with Crippen LogP contribution in [0.15, 0.2) is 85.1 Å². The van der Waals surface area contributed by atoms with Gasteiger partial charge in [0, 0.05) is 42.3 Å². The van der Waals surface area contributed by atoms with Crippen molar-refractivity contribution in [1.29, 1.82) is 0 Å². The Balaban J connectivity index is 0.000000195. The first kappa shape index (κ1) is 36.6. The molecule has 4 aromatic rings. The number of benzene rings is 3. The summed E-state index contributed by atoms with van der Waals surface area (Å²) in [5.74, 6) is 0.839. The molecule has 0 bridgehead atoms. The molecule has 2 atom stereocenters. The summed E-state index contributed by atoms with van der Waals surface area (Å²) in [4.78, 5) is 28.3. The fraction of sp³-hybridized carbons (Fsp3) is 0.324. The van der Waals surface area contributed by atoms with Crippen molar-refractivity contribution < 1.29 is 32.2 Å². The van der Waals surface area contributed by atoms with E-state index in [-0.39, 0.29) is 17.4 Å². The van der Waals surface area contributed by atoms with Gasteiger partial charge >= 0.3 is 6.18 Å². The summed E-state index contributed by atoms with van der Waals surface area (Å²) in [5.41, 5.74) is 4.69. The summed E-state index contributed by atoms with van der Waals surface area (Å²) in [7, 11) is 1.55. The average molecular weight is 710 g/mol. The van der Waals surface area contributed by atoms with Crippen molar-refractivity contribution in [3.05, 3.63) is 112 Å². The lowest BCUT2D eigenvalue weighted by atomic mass is 9.91. The van der Waals surface area contributed by atoms with Gasteiger partial charge in [0.05, 0.1) is 17.7 Å². The molecule has 4 N–H and O–H groups in total. The Morgan fingerprint density at radius 2 is 1.40 bits per heavy atom. The lowest BCUT2D eigenvalue weighted by molar-refractivity contribution is -0.154. The van der Waals surface area contributed by atoms with Crippen LogP contribution in [0.3, 0.4) is 0 Å². The Bertz CT molecular complexity index is 1710. The Morgan fingerprint density at radius 3 is 1.90 bits per heavy atom. The van der Waals surface area contributed by atoms with Crippen LogP contribution in [-0.4, -0.2) is 62.9 Å². The third-order valence-electron chi connectivity index (χ3n) is 8.43. The number of carbonyl (C=O) groups is 2. The number of hydrogen-bond donors (Lipinski definition) is 4. The second-order valence-electron chi connectivity index (χ2n) is 12.0. The Kier molecular flexibility index (Phi) is 12.7. The van der Waals surface area contributed by atoms with Crippen molar-refractivity contribution in [2.75, 3.05) is 50.5 Å². The van der Waals surface area contributed by atoms with Crippen molar-refractivity contribution in [1.82, 2.24) is 15.6 Å². The van der Waals surface area contributed by atoms with Crippen LogP contribution in [0.2, 0.25) is 5.02 Å². The maximum Gasteiger partial charge on any atom is 0.422 e. The monoisotopic (exact) mass is 709 g/mol. The summed E-state index contributed by atoms with van der Waals surface area (Å²) in [6.45, 7) is 2.68. The van der Waals surface area contributed by atoms with Crippen molar-refractivity contribution in [2.45, 2.75) is 37.3 Å². The number of methoxy groups -OCH3 is 1. The second-order valence-corrected chi connectivity index (χ2v) is 12.4. The molecule has 0 radical (unpaired) electrons. The molecule has 264 valence electrons. The van der Waals surface area contributed by atoms with Crippen LogP contribution in [0.5, 0.6) is 11.6 Å². The van der Waals surface area contributed by atoms with E-state index in [4.69, 9.17) is 16.3 Å². The number of anilines is 2. The maximum absolute atomic E-state index is 12.3. The van der Waals surface area contributed by atoms with Gasteiger partial charge in [-0.05, 0) is 104 Å². The molecule has 0 aliphatic carbocycles. The normalized spacial score (nSPS) is 17.2. The van der Waals surface area contributed by atoms with Crippen LogP contribution >= 0.6 is 11.6 Å². The molecule has 50 heavy (non-hydrogen) atoms. The smallest absolute Gasteiger partial charge is 0.422 e. The van der Waals surface area contributed by atoms with E-state index in [0.29, 0.717) is 33.9 Å². The number of pyridine rings is 1. The lowest BCUT2D eigenvalue weighted by Crippen LogP contribution is -2.28. The van der Waals surface area contributed by atoms with Gasteiger partial charge in [-0.25, -0.2) is 4.98 Å². The Labute approximate surface area is 293 Å². The average Bonchev–Trinajstić information content (AvgIpc) is 3.67. The largest absolute Gasteiger partial charge is 0.495 e. The van der Waals surface area contributed by atoms with E-state index in [9.17, 15) is 22.8 Å². The lowest BCUT2D eigenvalue weighted by Gasteiger charge is -2.23. The minimum Gasteiger partial charge on any atom is -0.495 e. The molecule has 0 spiro atoms. The van der Waals surface area contributed by atoms with Crippen molar-refractivity contribution in [3.8, 4) is 11.6 Å². The molecular formula is C37H39ClF3N5O4. The van der Waals surface area contributed by atoms with Gasteiger partial charge in [-0.15, -0.1) is 0 Å². The van der Waals surface area contributed by atoms with Crippen LogP contribution in [0.25, 0.3) is 0 Å². The summed E-state index contributed by atoms with van der Waals surface area (Å²) in [5, 5.41) is 12.8. The minimum atomic E-state index is -4.43. The number of hydrogen-bond acceptors (Lipinski definition) is 7. The van der Waals surface area contributed by atoms with E-state index in [0.717, 1.165) is 38.3 Å². The van der Waals surface area contributed by atoms with E-state index in [1.54, 1.807) is 25.3 Å². The summed E-state index contributed by atoms with van der Waals surface area (Å²) >= 11 is 6.07. The van der Waals surface area contributed by atoms with E-state index < -0.39 is 18.7 Å². The Hall–Kier alpha value is -4.65. The minimum absolute atomic E-state index is 0.187. The van der Waals surface area contributed by atoms with E-state index in [1.807, 2.05) is 36.4 Å². The molecule has 2 aliphatic rings. The number of rotatable bonds is 9. The van der Waals surface area contributed by atoms with Gasteiger partial charge in [-0.2, -0.15) is 13.2 Å². The predicted molar refractivity (Wildman–Crippen MR) is 188 cm³/mol. The zero-order valence-corrected chi connectivity index (χ0v) is 28.2. The molecular weight excluding hydrogens is 671 g/mol. The standard InChI is InChI=1S/C19H21ClN2O2.C18H18F3N3O2/c1-24-18-9-6-14(11-17(18)20)19(23)22-16-7-4-13(5-8-16)15-3-2-10-21-12-15;19-18(20,21)11-26-16-6-3-14(10-23-16)17(25)24-15-4-1-12(2-5-15)13-7-8-22-9-13/h4-9,11,15,21H,2-3,10,12H2,1H3,(H,22,23);1-6,10,13,22H,7-9,11H2,(H,24,25)/t15-;13-/m10/s1. The fourth-order valence-electron chi connectivity index (χ4n) is 5.72. The number of piperidine rings is 1. The maximum atomic E-state index is 12.3. The highest BCUT2D eigenvalue weighted by atomic mass is 35.5. The highest BCUT2D eigenvalue weighted by Crippen LogP contribution is 2.27. The highest BCUT2D eigenvalue weighted by Gasteiger charge is 2.28. The van der Waals surface area contributed by atoms with Gasteiger partial charge < -0.3 is 30.7 Å². The van der Waals surface area contributed by atoms with Crippen LogP contribution < -0.4 is 30.7 Å². The fourth-order valence-corrected chi connectivity index (χ4v) is 5.98. The first-order chi connectivity index (χ1) is 24.1. The predicted octanol–water partition coefficient (Wildman–Crippen LogP) is 7.42. The van der Waals surface area contributed by atoms with Gasteiger partial charge in [0.2, 0.25) is 5.88 Å². The van der Waals surface area contributed by atoms with E-state index in [2.05, 4.69) is 43.1 Å². The van der Waals surface area contributed by atoms with Gasteiger partial charge in [0.1, 0.15) is 5.75 Å². The van der Waals surface area contributed by atoms with Gasteiger partial charge in [0.15, 0.2) is 6.61 Å². The first-order valence-electron chi connectivity index (χ1n) is 16.3. The van der Waals surface area contributed by atoms with Crippen LogP contribution in [0, 0.1) is 0 Å². The van der Waals surface area contributed by atoms with Crippen LogP contribution in [0.4, 0.5) is 24.5 Å². The summed E-state index contributed by atoms with van der Waals surface area (Å²) < 4.78 is 45.9. The number of alkyl halides is 3. The van der Waals surface area contributed by atoms with Gasteiger partial charge in [-0.3, -0.25) is 9.59 Å². The molecule has 6 rings (SSSR count). The number of nitrogens with one attached hydrogen (secondary N) is 4. The number of ether oxygens (including phenoxy) is 2. The molecule has 3 aromatic carbocycles. The number of aromatic nitrogens is 1. The molecule has 0 saturated carbocycles. The molecule has 0 unspecified atom stereocenters. The number of nitrogens with zero attached hydrogens (tertiary/aromatic N) is 1. The quantitative estimate of drug-likeness (QED) is 0.143. The van der Waals surface area contributed by atoms with Crippen molar-refractivity contribution in [3.63, 3.8) is 0 Å². The number of amides is 2. The molecule has 2 fully saturated rings. The number of carbonyl (C=O) groups excluding carboxylic acids is 2. The third kappa shape index (κ3) is 10.7. The molecule has 1 aromatic heterocycles. The third-order valence-corrected chi connectivity index (χ3v) is 8.73. The van der Waals surface area contributed by atoms with Crippen molar-refractivity contribution in [2.24, 2.45) is 0 Å². The second kappa shape index (κ2) is 17.3. The van der Waals surface area contributed by atoms with Gasteiger partial charge in [0.25, 0.3) is 11.8 Å². The van der Waals surface area contributed by atoms with E-state index >= 15 is 0 Å². The van der Waals surface area contributed by atoms with Crippen LogP contribution in [-0.2, 0) is 0 Å². The van der Waals surface area contributed by atoms with E-state index in [1.165, 1.54) is 42.3 Å². The Morgan fingerprint density at radius 1 is 0.820 bits per heavy atom. The summed E-state index contributed by atoms with van der Waals surface area (Å²) in [6.07, 6.45) is 0.266. The summed E-state index contributed by atoms with van der Waals surface area (Å²) in [6, 6.07) is 23.3. The zero-order valence-electron chi connectivity index (χ0n) is 27.5. The SMILES string of the molecule is COc1ccc(C(=O)Nc2ccc([C@@H]3CCCNC3)cc2)cc1Cl.O=C(Nc1ccc([C@H]2CCNC2)cc1)c1ccc(OCC(F)(F)F)nc1. The molecule has 9 nitrogen and oxygen atoms in total. The zero-order chi connectivity index (χ0) is 35.5.